The SMILES string of the molecule is CC(C)N(NC(=O)c1cccc(Oc2ccccc2)c1)C(=O)[C@@H]1CCCC[C@H]1C(=O)N[C@H]1CC(=O)OC1O. The first-order chi connectivity index (χ1) is 18.2. The third kappa shape index (κ3) is 6.49. The van der Waals surface area contributed by atoms with Crippen LogP contribution >= 0.6 is 0 Å². The third-order valence-corrected chi connectivity index (χ3v) is 6.78. The molecule has 1 aliphatic carbocycles. The number of ether oxygens (including phenoxy) is 2. The Morgan fingerprint density at radius 1 is 1.00 bits per heavy atom. The van der Waals surface area contributed by atoms with Crippen molar-refractivity contribution in [2.45, 2.75) is 64.3 Å². The van der Waals surface area contributed by atoms with Gasteiger partial charge in [-0.1, -0.05) is 37.1 Å². The number of esters is 1. The number of aliphatic hydroxyl groups excluding tert-OH is 1. The minimum atomic E-state index is -1.41. The van der Waals surface area contributed by atoms with Crippen LogP contribution in [0, 0.1) is 11.8 Å². The van der Waals surface area contributed by atoms with Crippen molar-refractivity contribution in [3.63, 3.8) is 0 Å². The summed E-state index contributed by atoms with van der Waals surface area (Å²) in [5, 5.41) is 13.8. The smallest absolute Gasteiger partial charge is 0.310 e. The van der Waals surface area contributed by atoms with Gasteiger partial charge in [0.25, 0.3) is 5.91 Å². The molecule has 1 unspecified atom stereocenters. The molecule has 0 spiro atoms. The molecule has 1 saturated carbocycles. The van der Waals surface area contributed by atoms with Crippen LogP contribution in [0.4, 0.5) is 0 Å². The number of cyclic esters (lactones) is 1. The Labute approximate surface area is 221 Å². The monoisotopic (exact) mass is 523 g/mol. The molecule has 0 radical (unpaired) electrons. The number of hydrogen-bond donors (Lipinski definition) is 3. The zero-order chi connectivity index (χ0) is 27.2. The highest BCUT2D eigenvalue weighted by molar-refractivity contribution is 5.96. The van der Waals surface area contributed by atoms with Crippen molar-refractivity contribution in [3.05, 3.63) is 60.2 Å². The Hall–Kier alpha value is -3.92. The normalized spacial score (nSPS) is 22.9. The van der Waals surface area contributed by atoms with E-state index in [9.17, 15) is 24.3 Å². The minimum absolute atomic E-state index is 0.126. The summed E-state index contributed by atoms with van der Waals surface area (Å²) in [7, 11) is 0. The highest BCUT2D eigenvalue weighted by atomic mass is 16.6. The predicted molar refractivity (Wildman–Crippen MR) is 137 cm³/mol. The van der Waals surface area contributed by atoms with Crippen LogP contribution in [0.2, 0.25) is 0 Å². The van der Waals surface area contributed by atoms with Gasteiger partial charge >= 0.3 is 5.97 Å². The molecule has 1 saturated heterocycles. The number of carbonyl (C=O) groups is 4. The second-order valence-electron chi connectivity index (χ2n) is 9.88. The molecule has 4 rings (SSSR count). The maximum atomic E-state index is 13.7. The van der Waals surface area contributed by atoms with Crippen LogP contribution in [0.1, 0.15) is 56.3 Å². The number of benzene rings is 2. The van der Waals surface area contributed by atoms with E-state index in [1.807, 2.05) is 18.2 Å². The van der Waals surface area contributed by atoms with E-state index in [1.165, 1.54) is 5.01 Å². The van der Waals surface area contributed by atoms with Crippen LogP contribution in [0.15, 0.2) is 54.6 Å². The van der Waals surface area contributed by atoms with E-state index in [2.05, 4.69) is 10.7 Å². The first-order valence-corrected chi connectivity index (χ1v) is 12.9. The maximum absolute atomic E-state index is 13.7. The van der Waals surface area contributed by atoms with Gasteiger partial charge < -0.3 is 19.9 Å². The lowest BCUT2D eigenvalue weighted by atomic mass is 9.77. The number of nitrogens with one attached hydrogen (secondary N) is 2. The maximum Gasteiger partial charge on any atom is 0.310 e. The average molecular weight is 524 g/mol. The summed E-state index contributed by atoms with van der Waals surface area (Å²) >= 11 is 0. The molecule has 3 N–H and O–H groups in total. The van der Waals surface area contributed by atoms with Crippen LogP contribution in [0.5, 0.6) is 11.5 Å². The molecule has 2 aromatic rings. The molecule has 202 valence electrons. The number of carbonyl (C=O) groups excluding carboxylic acids is 4. The van der Waals surface area contributed by atoms with E-state index in [1.54, 1.807) is 50.2 Å². The van der Waals surface area contributed by atoms with E-state index in [4.69, 9.17) is 9.47 Å². The van der Waals surface area contributed by atoms with Crippen molar-refractivity contribution in [2.24, 2.45) is 11.8 Å². The fourth-order valence-electron chi connectivity index (χ4n) is 4.81. The summed E-state index contributed by atoms with van der Waals surface area (Å²) in [6.07, 6.45) is 0.980. The zero-order valence-electron chi connectivity index (χ0n) is 21.5. The highest BCUT2D eigenvalue weighted by Crippen LogP contribution is 2.32. The van der Waals surface area contributed by atoms with Gasteiger partial charge in [-0.2, -0.15) is 0 Å². The Morgan fingerprint density at radius 2 is 1.68 bits per heavy atom. The van der Waals surface area contributed by atoms with Crippen LogP contribution < -0.4 is 15.5 Å². The van der Waals surface area contributed by atoms with Crippen molar-refractivity contribution in [3.8, 4) is 11.5 Å². The van der Waals surface area contributed by atoms with E-state index in [-0.39, 0.29) is 18.4 Å². The highest BCUT2D eigenvalue weighted by Gasteiger charge is 2.42. The predicted octanol–water partition coefficient (Wildman–Crippen LogP) is 2.92. The molecular weight excluding hydrogens is 490 g/mol. The van der Waals surface area contributed by atoms with Crippen LogP contribution in [-0.4, -0.2) is 52.2 Å². The van der Waals surface area contributed by atoms with Crippen molar-refractivity contribution in [1.82, 2.24) is 15.8 Å². The van der Waals surface area contributed by atoms with Gasteiger partial charge in [0.15, 0.2) is 0 Å². The Morgan fingerprint density at radius 3 is 2.34 bits per heavy atom. The molecule has 1 aliphatic heterocycles. The number of hydrogen-bond acceptors (Lipinski definition) is 7. The van der Waals surface area contributed by atoms with Crippen molar-refractivity contribution >= 4 is 23.7 Å². The van der Waals surface area contributed by atoms with Gasteiger partial charge in [-0.25, -0.2) is 0 Å². The van der Waals surface area contributed by atoms with Crippen molar-refractivity contribution in [2.75, 3.05) is 0 Å². The third-order valence-electron chi connectivity index (χ3n) is 6.78. The molecule has 3 amide bonds. The van der Waals surface area contributed by atoms with E-state index in [0.29, 0.717) is 29.9 Å². The van der Waals surface area contributed by atoms with Gasteiger partial charge in [-0.05, 0) is 57.0 Å². The standard InChI is InChI=1S/C28H33N3O7/c1-17(2)31(30-25(33)18-9-8-12-20(15-18)37-19-10-4-3-5-11-19)27(35)22-14-7-6-13-21(22)26(34)29-23-16-24(32)38-28(23)36/h3-5,8-12,15,17,21-23,28,36H,6-7,13-14,16H2,1-2H3,(H,29,34)(H,30,33)/t21-,22-,23+,28?/m1/s1. The molecule has 2 aliphatic rings. The number of nitrogens with zero attached hydrogens (tertiary/aromatic N) is 1. The van der Waals surface area contributed by atoms with E-state index in [0.717, 1.165) is 12.8 Å². The van der Waals surface area contributed by atoms with Gasteiger partial charge in [-0.15, -0.1) is 0 Å². The van der Waals surface area contributed by atoms with Crippen molar-refractivity contribution < 1.29 is 33.8 Å². The molecule has 0 bridgehead atoms. The lowest BCUT2D eigenvalue weighted by molar-refractivity contribution is -0.156. The van der Waals surface area contributed by atoms with Crippen molar-refractivity contribution in [1.29, 1.82) is 0 Å². The quantitative estimate of drug-likeness (QED) is 0.375. The number of amides is 3. The molecule has 2 aromatic carbocycles. The molecular formula is C28H33N3O7. The second kappa shape index (κ2) is 12.1. The largest absolute Gasteiger partial charge is 0.457 e. The average Bonchev–Trinajstić information content (AvgIpc) is 3.23. The fourth-order valence-corrected chi connectivity index (χ4v) is 4.81. The molecule has 10 nitrogen and oxygen atoms in total. The molecule has 10 heteroatoms. The number of aliphatic hydroxyl groups is 1. The summed E-state index contributed by atoms with van der Waals surface area (Å²) in [4.78, 5) is 51.3. The number of rotatable bonds is 7. The van der Waals surface area contributed by atoms with Crippen LogP contribution in [0.25, 0.3) is 0 Å². The van der Waals surface area contributed by atoms with Gasteiger partial charge in [0.1, 0.15) is 17.5 Å². The number of hydrazine groups is 1. The molecule has 2 fully saturated rings. The van der Waals surface area contributed by atoms with Crippen LogP contribution in [0.3, 0.4) is 0 Å². The zero-order valence-corrected chi connectivity index (χ0v) is 21.5. The number of para-hydroxylation sites is 1. The lowest BCUT2D eigenvalue weighted by Gasteiger charge is -2.36. The Balaban J connectivity index is 1.45. The molecule has 4 atom stereocenters. The van der Waals surface area contributed by atoms with Crippen LogP contribution in [-0.2, 0) is 19.1 Å². The summed E-state index contributed by atoms with van der Waals surface area (Å²) in [5.41, 5.74) is 3.03. The molecule has 1 heterocycles. The second-order valence-corrected chi connectivity index (χ2v) is 9.88. The Kier molecular flexibility index (Phi) is 8.62. The van der Waals surface area contributed by atoms with E-state index < -0.39 is 42.0 Å². The summed E-state index contributed by atoms with van der Waals surface area (Å²) < 4.78 is 10.5. The molecule has 0 aromatic heterocycles. The Bertz CT molecular complexity index is 1170. The summed E-state index contributed by atoms with van der Waals surface area (Å²) in [6.45, 7) is 3.56. The lowest BCUT2D eigenvalue weighted by Crippen LogP contribution is -2.55. The summed E-state index contributed by atoms with van der Waals surface area (Å²) in [5.74, 6) is -2.04. The van der Waals surface area contributed by atoms with Gasteiger partial charge in [0.2, 0.25) is 18.1 Å². The summed E-state index contributed by atoms with van der Waals surface area (Å²) in [6, 6.07) is 14.6. The molecule has 38 heavy (non-hydrogen) atoms. The minimum Gasteiger partial charge on any atom is -0.457 e. The van der Waals surface area contributed by atoms with Gasteiger partial charge in [0.05, 0.1) is 12.3 Å². The topological polar surface area (TPSA) is 134 Å². The first kappa shape index (κ1) is 27.1. The first-order valence-electron chi connectivity index (χ1n) is 12.9. The van der Waals surface area contributed by atoms with Gasteiger partial charge in [0, 0.05) is 17.5 Å². The van der Waals surface area contributed by atoms with Gasteiger partial charge in [-0.3, -0.25) is 29.6 Å². The fraction of sp³-hybridized carbons (Fsp3) is 0.429. The van der Waals surface area contributed by atoms with E-state index >= 15 is 0 Å².